The first-order valence-corrected chi connectivity index (χ1v) is 8.55. The molecule has 2 aliphatic rings. The molecule has 4 rings (SSSR count). The van der Waals surface area contributed by atoms with Gasteiger partial charge in [0.1, 0.15) is 17.6 Å². The molecule has 1 aliphatic heterocycles. The van der Waals surface area contributed by atoms with Crippen LogP contribution in [-0.2, 0) is 4.74 Å². The zero-order chi connectivity index (χ0) is 17.1. The smallest absolute Gasteiger partial charge is 0.274 e. The van der Waals surface area contributed by atoms with Crippen LogP contribution in [0.25, 0.3) is 0 Å². The van der Waals surface area contributed by atoms with Crippen LogP contribution in [0.5, 0.6) is 0 Å². The molecule has 0 spiro atoms. The first-order chi connectivity index (χ1) is 12.3. The first kappa shape index (κ1) is 15.9. The van der Waals surface area contributed by atoms with E-state index < -0.39 is 0 Å². The molecule has 0 bridgehead atoms. The Balaban J connectivity index is 1.56. The van der Waals surface area contributed by atoms with E-state index in [0.717, 1.165) is 5.82 Å². The van der Waals surface area contributed by atoms with Crippen LogP contribution in [0, 0.1) is 0 Å². The molecule has 3 heterocycles. The van der Waals surface area contributed by atoms with Crippen molar-refractivity contribution in [2.45, 2.75) is 31.3 Å². The third kappa shape index (κ3) is 3.43. The van der Waals surface area contributed by atoms with Crippen LogP contribution in [0.3, 0.4) is 0 Å². The zero-order valence-corrected chi connectivity index (χ0v) is 13.8. The van der Waals surface area contributed by atoms with Gasteiger partial charge in [-0.15, -0.1) is 0 Å². The van der Waals surface area contributed by atoms with E-state index in [2.05, 4.69) is 25.3 Å². The van der Waals surface area contributed by atoms with Gasteiger partial charge in [0.2, 0.25) is 0 Å². The van der Waals surface area contributed by atoms with Crippen molar-refractivity contribution in [3.05, 3.63) is 42.4 Å². The summed E-state index contributed by atoms with van der Waals surface area (Å²) in [6.07, 6.45) is 9.86. The van der Waals surface area contributed by atoms with Crippen LogP contribution in [0.15, 0.2) is 30.9 Å². The predicted molar refractivity (Wildman–Crippen MR) is 89.9 cm³/mol. The Morgan fingerprint density at radius 3 is 2.92 bits per heavy atom. The fourth-order valence-corrected chi connectivity index (χ4v) is 2.99. The van der Waals surface area contributed by atoms with Gasteiger partial charge in [-0.3, -0.25) is 9.78 Å². The maximum absolute atomic E-state index is 12.8. The molecule has 8 nitrogen and oxygen atoms in total. The van der Waals surface area contributed by atoms with Gasteiger partial charge < -0.3 is 15.0 Å². The van der Waals surface area contributed by atoms with Gasteiger partial charge in [0.05, 0.1) is 19.4 Å². The lowest BCUT2D eigenvalue weighted by atomic mass is 9.93. The van der Waals surface area contributed by atoms with Gasteiger partial charge >= 0.3 is 0 Å². The highest BCUT2D eigenvalue weighted by molar-refractivity contribution is 5.92. The number of anilines is 1. The molecule has 2 aromatic rings. The number of carbonyl (C=O) groups is 1. The van der Waals surface area contributed by atoms with E-state index in [1.165, 1.54) is 31.7 Å². The van der Waals surface area contributed by atoms with E-state index in [1.54, 1.807) is 17.3 Å². The average Bonchev–Trinajstić information content (AvgIpc) is 2.65. The summed E-state index contributed by atoms with van der Waals surface area (Å²) in [6, 6.07) is 2.02. The molecule has 1 aliphatic carbocycles. The molecule has 1 N–H and O–H groups in total. The van der Waals surface area contributed by atoms with Crippen molar-refractivity contribution in [1.82, 2.24) is 24.8 Å². The lowest BCUT2D eigenvalue weighted by Crippen LogP contribution is -2.44. The second-order valence-electron chi connectivity index (χ2n) is 6.25. The van der Waals surface area contributed by atoms with Crippen molar-refractivity contribution in [1.29, 1.82) is 0 Å². The number of hydrogen-bond acceptors (Lipinski definition) is 7. The second-order valence-corrected chi connectivity index (χ2v) is 6.25. The molecule has 1 unspecified atom stereocenters. The van der Waals surface area contributed by atoms with Gasteiger partial charge in [-0.2, -0.15) is 0 Å². The maximum Gasteiger partial charge on any atom is 0.274 e. The SMILES string of the molecule is O=C(c1cnccn1)N1CCOCC1c1nccc(NC2CCC2)n1. The highest BCUT2D eigenvalue weighted by Crippen LogP contribution is 2.25. The van der Waals surface area contributed by atoms with E-state index in [9.17, 15) is 4.79 Å². The molecule has 130 valence electrons. The lowest BCUT2D eigenvalue weighted by molar-refractivity contribution is -0.00552. The Morgan fingerprint density at radius 1 is 1.24 bits per heavy atom. The quantitative estimate of drug-likeness (QED) is 0.900. The van der Waals surface area contributed by atoms with Gasteiger partial charge in [0.15, 0.2) is 5.82 Å². The summed E-state index contributed by atoms with van der Waals surface area (Å²) in [4.78, 5) is 31.6. The van der Waals surface area contributed by atoms with E-state index in [4.69, 9.17) is 4.74 Å². The molecule has 2 aromatic heterocycles. The van der Waals surface area contributed by atoms with Gasteiger partial charge in [0.25, 0.3) is 5.91 Å². The normalized spacial score (nSPS) is 20.8. The third-order valence-corrected chi connectivity index (χ3v) is 4.60. The number of morpholine rings is 1. The van der Waals surface area contributed by atoms with Crippen molar-refractivity contribution in [3.8, 4) is 0 Å². The predicted octanol–water partition coefficient (Wildman–Crippen LogP) is 1.44. The zero-order valence-electron chi connectivity index (χ0n) is 13.8. The number of aromatic nitrogens is 4. The summed E-state index contributed by atoms with van der Waals surface area (Å²) in [6.45, 7) is 1.34. The molecule has 0 radical (unpaired) electrons. The van der Waals surface area contributed by atoms with Crippen LogP contribution in [0.2, 0.25) is 0 Å². The average molecular weight is 340 g/mol. The number of nitrogens with one attached hydrogen (secondary N) is 1. The Morgan fingerprint density at radius 2 is 2.16 bits per heavy atom. The van der Waals surface area contributed by atoms with E-state index in [-0.39, 0.29) is 11.9 Å². The van der Waals surface area contributed by atoms with Crippen molar-refractivity contribution >= 4 is 11.7 Å². The minimum absolute atomic E-state index is 0.178. The number of nitrogens with zero attached hydrogens (tertiary/aromatic N) is 5. The van der Waals surface area contributed by atoms with Crippen LogP contribution < -0.4 is 5.32 Å². The highest BCUT2D eigenvalue weighted by Gasteiger charge is 2.32. The number of hydrogen-bond donors (Lipinski definition) is 1. The topological polar surface area (TPSA) is 93.1 Å². The minimum Gasteiger partial charge on any atom is -0.377 e. The number of rotatable bonds is 4. The van der Waals surface area contributed by atoms with Crippen LogP contribution in [0.1, 0.15) is 41.6 Å². The molecule has 1 saturated heterocycles. The van der Waals surface area contributed by atoms with Gasteiger partial charge in [0, 0.05) is 31.2 Å². The van der Waals surface area contributed by atoms with Crippen molar-refractivity contribution in [2.75, 3.05) is 25.1 Å². The third-order valence-electron chi connectivity index (χ3n) is 4.60. The largest absolute Gasteiger partial charge is 0.377 e. The minimum atomic E-state index is -0.327. The summed E-state index contributed by atoms with van der Waals surface area (Å²) in [5.41, 5.74) is 0.318. The summed E-state index contributed by atoms with van der Waals surface area (Å²) >= 11 is 0. The Kier molecular flexibility index (Phi) is 4.51. The Bertz CT molecular complexity index is 737. The Hall–Kier alpha value is -2.61. The summed E-state index contributed by atoms with van der Waals surface area (Å²) in [5, 5.41) is 3.42. The van der Waals surface area contributed by atoms with Gasteiger partial charge in [-0.1, -0.05) is 0 Å². The molecule has 1 amide bonds. The summed E-state index contributed by atoms with van der Waals surface area (Å²) in [7, 11) is 0. The van der Waals surface area contributed by atoms with E-state index in [0.29, 0.717) is 37.3 Å². The van der Waals surface area contributed by atoms with Crippen molar-refractivity contribution in [3.63, 3.8) is 0 Å². The van der Waals surface area contributed by atoms with Crippen molar-refractivity contribution < 1.29 is 9.53 Å². The van der Waals surface area contributed by atoms with Gasteiger partial charge in [-0.05, 0) is 25.3 Å². The molecular weight excluding hydrogens is 320 g/mol. The number of carbonyl (C=O) groups excluding carboxylic acids is 1. The molecular formula is C17H20N6O2. The maximum atomic E-state index is 12.8. The molecule has 1 saturated carbocycles. The molecule has 8 heteroatoms. The number of ether oxygens (including phenoxy) is 1. The molecule has 25 heavy (non-hydrogen) atoms. The van der Waals surface area contributed by atoms with Crippen LogP contribution in [-0.4, -0.2) is 56.5 Å². The van der Waals surface area contributed by atoms with Crippen LogP contribution in [0.4, 0.5) is 5.82 Å². The first-order valence-electron chi connectivity index (χ1n) is 8.55. The monoisotopic (exact) mass is 340 g/mol. The summed E-state index contributed by atoms with van der Waals surface area (Å²) < 4.78 is 5.58. The second kappa shape index (κ2) is 7.10. The molecule has 1 atom stereocenters. The van der Waals surface area contributed by atoms with Crippen molar-refractivity contribution in [2.24, 2.45) is 0 Å². The fraction of sp³-hybridized carbons (Fsp3) is 0.471. The summed E-state index contributed by atoms with van der Waals surface area (Å²) in [5.74, 6) is 1.20. The van der Waals surface area contributed by atoms with E-state index in [1.807, 2.05) is 6.07 Å². The highest BCUT2D eigenvalue weighted by atomic mass is 16.5. The van der Waals surface area contributed by atoms with Crippen LogP contribution >= 0.6 is 0 Å². The van der Waals surface area contributed by atoms with E-state index >= 15 is 0 Å². The van der Waals surface area contributed by atoms with Gasteiger partial charge in [-0.25, -0.2) is 15.0 Å². The standard InChI is InChI=1S/C17H20N6O2/c24-17(13-10-18-6-7-19-13)23-8-9-25-11-14(23)16-20-5-4-15(22-16)21-12-2-1-3-12/h4-7,10,12,14H,1-3,8-9,11H2,(H,20,21,22). The Labute approximate surface area is 145 Å². The fourth-order valence-electron chi connectivity index (χ4n) is 2.99. The lowest BCUT2D eigenvalue weighted by Gasteiger charge is -2.34. The number of amides is 1. The molecule has 2 fully saturated rings. The molecule has 0 aromatic carbocycles.